The molecule has 2 aliphatic carbocycles. The number of benzene rings is 1. The molecule has 0 bridgehead atoms. The van der Waals surface area contributed by atoms with Crippen molar-refractivity contribution in [3.05, 3.63) is 58.4 Å². The van der Waals surface area contributed by atoms with Crippen LogP contribution in [-0.2, 0) is 25.5 Å². The summed E-state index contributed by atoms with van der Waals surface area (Å²) in [5.74, 6) is 2.68. The lowest BCUT2D eigenvalue weighted by molar-refractivity contribution is -0.152. The normalized spacial score (nSPS) is 29.1. The Bertz CT molecular complexity index is 853. The average Bonchev–Trinajstić information content (AvgIpc) is 3.18. The van der Waals surface area contributed by atoms with E-state index in [1.54, 1.807) is 13.0 Å². The van der Waals surface area contributed by atoms with Gasteiger partial charge in [0.05, 0.1) is 6.26 Å². The highest BCUT2D eigenvalue weighted by Gasteiger charge is 2.44. The van der Waals surface area contributed by atoms with Gasteiger partial charge in [-0.05, 0) is 36.5 Å². The van der Waals surface area contributed by atoms with Crippen LogP contribution < -0.4 is 0 Å². The van der Waals surface area contributed by atoms with Crippen LogP contribution in [0, 0.1) is 18.3 Å². The zero-order valence-corrected chi connectivity index (χ0v) is 13.2. The predicted octanol–water partition coefficient (Wildman–Crippen LogP) is 2.63. The van der Waals surface area contributed by atoms with Crippen molar-refractivity contribution in [1.29, 1.82) is 0 Å². The van der Waals surface area contributed by atoms with Gasteiger partial charge in [-0.2, -0.15) is 0 Å². The van der Waals surface area contributed by atoms with Crippen LogP contribution >= 0.6 is 0 Å². The second-order valence-electron chi connectivity index (χ2n) is 6.39. The topological polar surface area (TPSA) is 52.6 Å². The third-order valence-electron chi connectivity index (χ3n) is 5.06. The van der Waals surface area contributed by atoms with Crippen molar-refractivity contribution in [3.8, 4) is 12.3 Å². The van der Waals surface area contributed by atoms with Crippen LogP contribution in [-0.4, -0.2) is 18.0 Å². The molecule has 0 aromatic heterocycles. The van der Waals surface area contributed by atoms with Crippen molar-refractivity contribution in [3.63, 3.8) is 0 Å². The van der Waals surface area contributed by atoms with Gasteiger partial charge in [0.25, 0.3) is 6.29 Å². The van der Waals surface area contributed by atoms with Crippen LogP contribution in [0.5, 0.6) is 0 Å². The Hall–Kier alpha value is -2.80. The Balaban J connectivity index is 1.59. The second kappa shape index (κ2) is 5.38. The first-order chi connectivity index (χ1) is 11.6. The molecule has 1 heterocycles. The number of cyclic esters (lactones) is 1. The van der Waals surface area contributed by atoms with Crippen molar-refractivity contribution in [2.45, 2.75) is 32.0 Å². The van der Waals surface area contributed by atoms with E-state index < -0.39 is 6.29 Å². The molecule has 4 rings (SSSR count). The summed E-state index contributed by atoms with van der Waals surface area (Å²) >= 11 is 0. The SMILES string of the molecule is C#Cc1cccc2c1C[C@@H]1/C(=C\O[C@H]3C=C(C)C(=O)O3)C(=O)C[C@H]21. The van der Waals surface area contributed by atoms with Crippen LogP contribution in [0.1, 0.15) is 36.0 Å². The fourth-order valence-corrected chi connectivity index (χ4v) is 3.86. The third-order valence-corrected chi connectivity index (χ3v) is 5.06. The summed E-state index contributed by atoms with van der Waals surface area (Å²) in [6.07, 6.45) is 9.15. The fourth-order valence-electron chi connectivity index (χ4n) is 3.86. The first-order valence-electron chi connectivity index (χ1n) is 7.95. The lowest BCUT2D eigenvalue weighted by Gasteiger charge is -2.12. The summed E-state index contributed by atoms with van der Waals surface area (Å²) in [4.78, 5) is 23.7. The van der Waals surface area contributed by atoms with E-state index in [9.17, 15) is 9.59 Å². The average molecular weight is 320 g/mol. The molecule has 0 N–H and O–H groups in total. The molecule has 1 aliphatic heterocycles. The maximum atomic E-state index is 12.4. The molecular formula is C20H16O4. The molecule has 4 nitrogen and oxygen atoms in total. The first-order valence-corrected chi connectivity index (χ1v) is 7.95. The molecule has 1 fully saturated rings. The third kappa shape index (κ3) is 2.16. The molecular weight excluding hydrogens is 304 g/mol. The van der Waals surface area contributed by atoms with Crippen LogP contribution in [0.25, 0.3) is 0 Å². The van der Waals surface area contributed by atoms with Crippen LogP contribution in [0.2, 0.25) is 0 Å². The fraction of sp³-hybridized carbons (Fsp3) is 0.300. The highest BCUT2D eigenvalue weighted by Crippen LogP contribution is 2.50. The minimum Gasteiger partial charge on any atom is -0.458 e. The zero-order valence-electron chi connectivity index (χ0n) is 13.2. The van der Waals surface area contributed by atoms with E-state index in [0.717, 1.165) is 17.5 Å². The summed E-state index contributed by atoms with van der Waals surface area (Å²) in [7, 11) is 0. The molecule has 1 saturated carbocycles. The Labute approximate surface area is 140 Å². The maximum Gasteiger partial charge on any atom is 0.336 e. The number of allylic oxidation sites excluding steroid dienone is 1. The number of hydrogen-bond acceptors (Lipinski definition) is 4. The maximum absolute atomic E-state index is 12.4. The van der Waals surface area contributed by atoms with Gasteiger partial charge in [-0.15, -0.1) is 6.42 Å². The van der Waals surface area contributed by atoms with E-state index in [1.807, 2.05) is 12.1 Å². The first kappa shape index (κ1) is 14.8. The van der Waals surface area contributed by atoms with Gasteiger partial charge >= 0.3 is 5.97 Å². The van der Waals surface area contributed by atoms with Crippen molar-refractivity contribution in [2.75, 3.05) is 0 Å². The number of hydrogen-bond donors (Lipinski definition) is 0. The minimum absolute atomic E-state index is 0.0872. The number of terminal acetylenes is 1. The van der Waals surface area contributed by atoms with Gasteiger partial charge < -0.3 is 9.47 Å². The van der Waals surface area contributed by atoms with Gasteiger partial charge in [0.1, 0.15) is 0 Å². The molecule has 0 saturated heterocycles. The van der Waals surface area contributed by atoms with Crippen LogP contribution in [0.15, 0.2) is 41.7 Å². The highest BCUT2D eigenvalue weighted by molar-refractivity contribution is 5.99. The Morgan fingerprint density at radius 1 is 1.29 bits per heavy atom. The number of ether oxygens (including phenoxy) is 2. The molecule has 0 spiro atoms. The Kier molecular flexibility index (Phi) is 3.31. The van der Waals surface area contributed by atoms with Crippen molar-refractivity contribution in [1.82, 2.24) is 0 Å². The molecule has 1 aromatic rings. The molecule has 4 heteroatoms. The zero-order chi connectivity index (χ0) is 16.8. The summed E-state index contributed by atoms with van der Waals surface area (Å²) in [6.45, 7) is 1.67. The van der Waals surface area contributed by atoms with E-state index >= 15 is 0 Å². The number of rotatable bonds is 2. The molecule has 24 heavy (non-hydrogen) atoms. The Morgan fingerprint density at radius 3 is 2.83 bits per heavy atom. The largest absolute Gasteiger partial charge is 0.458 e. The standard InChI is InChI=1S/C20H16O4/c1-3-12-5-4-6-13-14(12)8-15-16(13)9-18(21)17(15)10-23-19-7-11(2)20(22)24-19/h1,4-7,10,15-16,19H,8-9H2,2H3/b17-10+/t15-,16+,19+/m0/s1. The van der Waals surface area contributed by atoms with Gasteiger partial charge in [-0.1, -0.05) is 18.1 Å². The lowest BCUT2D eigenvalue weighted by Crippen LogP contribution is -2.11. The number of esters is 1. The van der Waals surface area contributed by atoms with E-state index in [4.69, 9.17) is 15.9 Å². The summed E-state index contributed by atoms with van der Waals surface area (Å²) in [6, 6.07) is 5.94. The molecule has 1 aromatic carbocycles. The van der Waals surface area contributed by atoms with Crippen LogP contribution in [0.4, 0.5) is 0 Å². The van der Waals surface area contributed by atoms with E-state index in [0.29, 0.717) is 17.6 Å². The quantitative estimate of drug-likeness (QED) is 0.364. The molecule has 0 unspecified atom stereocenters. The molecule has 0 amide bonds. The van der Waals surface area contributed by atoms with E-state index in [1.165, 1.54) is 11.8 Å². The highest BCUT2D eigenvalue weighted by atomic mass is 16.7. The summed E-state index contributed by atoms with van der Waals surface area (Å²) in [5.41, 5.74) is 4.42. The van der Waals surface area contributed by atoms with Crippen molar-refractivity contribution in [2.24, 2.45) is 5.92 Å². The monoisotopic (exact) mass is 320 g/mol. The summed E-state index contributed by atoms with van der Waals surface area (Å²) < 4.78 is 10.6. The van der Waals surface area contributed by atoms with Gasteiger partial charge in [0, 0.05) is 35.1 Å². The second-order valence-corrected chi connectivity index (χ2v) is 6.39. The van der Waals surface area contributed by atoms with E-state index in [2.05, 4.69) is 12.0 Å². The van der Waals surface area contributed by atoms with E-state index in [-0.39, 0.29) is 23.6 Å². The van der Waals surface area contributed by atoms with Crippen molar-refractivity contribution < 1.29 is 19.1 Å². The van der Waals surface area contributed by atoms with Gasteiger partial charge in [-0.25, -0.2) is 4.79 Å². The number of Topliss-reactive ketones (excluding diaryl/α,β-unsaturated/α-hetero) is 1. The molecule has 3 atom stereocenters. The number of carbonyl (C=O) groups excluding carboxylic acids is 2. The predicted molar refractivity (Wildman–Crippen MR) is 86.7 cm³/mol. The number of ketones is 1. The smallest absolute Gasteiger partial charge is 0.336 e. The molecule has 3 aliphatic rings. The number of fused-ring (bicyclic) bond motifs is 3. The Morgan fingerprint density at radius 2 is 2.12 bits per heavy atom. The van der Waals surface area contributed by atoms with Gasteiger partial charge in [0.2, 0.25) is 0 Å². The van der Waals surface area contributed by atoms with Crippen molar-refractivity contribution >= 4 is 11.8 Å². The van der Waals surface area contributed by atoms with Crippen LogP contribution in [0.3, 0.4) is 0 Å². The minimum atomic E-state index is -0.748. The lowest BCUT2D eigenvalue weighted by atomic mass is 9.95. The van der Waals surface area contributed by atoms with Gasteiger partial charge in [-0.3, -0.25) is 4.79 Å². The molecule has 120 valence electrons. The number of carbonyl (C=O) groups is 2. The van der Waals surface area contributed by atoms with Gasteiger partial charge in [0.15, 0.2) is 5.78 Å². The molecule has 0 radical (unpaired) electrons. The summed E-state index contributed by atoms with van der Waals surface area (Å²) in [5, 5.41) is 0.